The third-order valence-electron chi connectivity index (χ3n) is 4.28. The molecule has 1 saturated heterocycles. The molecule has 0 bridgehead atoms. The van der Waals surface area contributed by atoms with Crippen molar-refractivity contribution >= 4 is 0 Å². The van der Waals surface area contributed by atoms with Gasteiger partial charge in [0.2, 0.25) is 0 Å². The van der Waals surface area contributed by atoms with Gasteiger partial charge in [-0.2, -0.15) is 0 Å². The highest BCUT2D eigenvalue weighted by Gasteiger charge is 2.34. The molecule has 1 aliphatic rings. The molecule has 1 aliphatic heterocycles. The van der Waals surface area contributed by atoms with E-state index in [0.717, 1.165) is 45.1 Å². The van der Waals surface area contributed by atoms with Crippen molar-refractivity contribution in [2.45, 2.75) is 45.3 Å². The van der Waals surface area contributed by atoms with Crippen molar-refractivity contribution < 1.29 is 4.74 Å². The van der Waals surface area contributed by atoms with Gasteiger partial charge in [0, 0.05) is 50.0 Å². The molecule has 5 heteroatoms. The van der Waals surface area contributed by atoms with Crippen LogP contribution >= 0.6 is 0 Å². The van der Waals surface area contributed by atoms with Crippen LogP contribution in [-0.2, 0) is 17.7 Å². The van der Waals surface area contributed by atoms with Crippen molar-refractivity contribution in [3.8, 4) is 0 Å². The zero-order valence-electron chi connectivity index (χ0n) is 12.3. The van der Waals surface area contributed by atoms with E-state index in [1.807, 2.05) is 12.4 Å². The molecular weight excluding hydrogens is 240 g/mol. The van der Waals surface area contributed by atoms with Crippen LogP contribution in [0.25, 0.3) is 0 Å². The van der Waals surface area contributed by atoms with Crippen LogP contribution in [0.15, 0.2) is 12.4 Å². The Balaban J connectivity index is 2.03. The lowest BCUT2D eigenvalue weighted by atomic mass is 9.90. The molecule has 0 saturated carbocycles. The van der Waals surface area contributed by atoms with Crippen molar-refractivity contribution in [1.29, 1.82) is 0 Å². The quantitative estimate of drug-likeness (QED) is 0.860. The predicted molar refractivity (Wildman–Crippen MR) is 76.1 cm³/mol. The number of ether oxygens (including phenoxy) is 1. The standard InChI is InChI=1S/C14H26N4O/c1-4-17-6-5-16-13(17)11-12(15)14(2,3)18-7-9-19-10-8-18/h5-6,12H,4,7-11,15H2,1-3H3. The van der Waals surface area contributed by atoms with Crippen LogP contribution in [0.5, 0.6) is 0 Å². The minimum absolute atomic E-state index is 0.0334. The van der Waals surface area contributed by atoms with E-state index in [1.165, 1.54) is 0 Å². The Labute approximate surface area is 115 Å². The van der Waals surface area contributed by atoms with E-state index in [2.05, 4.69) is 35.2 Å². The van der Waals surface area contributed by atoms with Gasteiger partial charge in [0.05, 0.1) is 13.2 Å². The molecule has 2 rings (SSSR count). The van der Waals surface area contributed by atoms with Crippen molar-refractivity contribution in [3.05, 3.63) is 18.2 Å². The van der Waals surface area contributed by atoms with Gasteiger partial charge in [0.1, 0.15) is 5.82 Å². The normalized spacial score (nSPS) is 19.6. The molecule has 1 aromatic rings. The van der Waals surface area contributed by atoms with E-state index >= 15 is 0 Å². The van der Waals surface area contributed by atoms with Crippen LogP contribution in [-0.4, -0.2) is 52.3 Å². The topological polar surface area (TPSA) is 56.3 Å². The maximum atomic E-state index is 6.46. The van der Waals surface area contributed by atoms with Crippen LogP contribution in [0.1, 0.15) is 26.6 Å². The number of morpholine rings is 1. The average molecular weight is 266 g/mol. The lowest BCUT2D eigenvalue weighted by Gasteiger charge is -2.44. The first kappa shape index (κ1) is 14.5. The molecule has 2 heterocycles. The van der Waals surface area contributed by atoms with Crippen molar-refractivity contribution in [2.75, 3.05) is 26.3 Å². The monoisotopic (exact) mass is 266 g/mol. The minimum atomic E-state index is -0.0334. The number of aromatic nitrogens is 2. The molecule has 108 valence electrons. The van der Waals surface area contributed by atoms with Crippen LogP contribution in [0.2, 0.25) is 0 Å². The molecule has 0 radical (unpaired) electrons. The number of hydrogen-bond acceptors (Lipinski definition) is 4. The largest absolute Gasteiger partial charge is 0.379 e. The predicted octanol–water partition coefficient (Wildman–Crippen LogP) is 0.884. The van der Waals surface area contributed by atoms with Crippen LogP contribution in [0.4, 0.5) is 0 Å². The van der Waals surface area contributed by atoms with Crippen LogP contribution in [0, 0.1) is 0 Å². The molecule has 0 amide bonds. The minimum Gasteiger partial charge on any atom is -0.379 e. The number of hydrogen-bond donors (Lipinski definition) is 1. The second kappa shape index (κ2) is 6.03. The molecule has 0 spiro atoms. The van der Waals surface area contributed by atoms with Gasteiger partial charge in [-0.25, -0.2) is 4.98 Å². The summed E-state index contributed by atoms with van der Waals surface area (Å²) in [5, 5.41) is 0. The molecule has 1 fully saturated rings. The molecule has 19 heavy (non-hydrogen) atoms. The van der Waals surface area contributed by atoms with Crippen molar-refractivity contribution in [1.82, 2.24) is 14.5 Å². The Morgan fingerprint density at radius 2 is 2.11 bits per heavy atom. The lowest BCUT2D eigenvalue weighted by molar-refractivity contribution is -0.0188. The summed E-state index contributed by atoms with van der Waals surface area (Å²) in [6.45, 7) is 11.1. The van der Waals surface area contributed by atoms with Crippen LogP contribution < -0.4 is 5.73 Å². The Kier molecular flexibility index (Phi) is 4.60. The lowest BCUT2D eigenvalue weighted by Crippen LogP contribution is -2.59. The Bertz CT molecular complexity index is 396. The number of nitrogens with zero attached hydrogens (tertiary/aromatic N) is 3. The van der Waals surface area contributed by atoms with Gasteiger partial charge in [-0.3, -0.25) is 4.90 Å². The molecule has 2 N–H and O–H groups in total. The van der Waals surface area contributed by atoms with Gasteiger partial charge >= 0.3 is 0 Å². The summed E-state index contributed by atoms with van der Waals surface area (Å²) in [5.41, 5.74) is 6.43. The molecule has 1 atom stereocenters. The Morgan fingerprint density at radius 1 is 1.42 bits per heavy atom. The third-order valence-corrected chi connectivity index (χ3v) is 4.28. The van der Waals surface area contributed by atoms with E-state index in [9.17, 15) is 0 Å². The average Bonchev–Trinajstić information content (AvgIpc) is 2.87. The third kappa shape index (κ3) is 3.16. The molecule has 0 aliphatic carbocycles. The first-order valence-corrected chi connectivity index (χ1v) is 7.14. The highest BCUT2D eigenvalue weighted by atomic mass is 16.5. The van der Waals surface area contributed by atoms with Gasteiger partial charge in [-0.05, 0) is 20.8 Å². The summed E-state index contributed by atoms with van der Waals surface area (Å²) in [5.74, 6) is 1.08. The summed E-state index contributed by atoms with van der Waals surface area (Å²) in [7, 11) is 0. The molecular formula is C14H26N4O. The number of nitrogens with two attached hydrogens (primary N) is 1. The first-order chi connectivity index (χ1) is 9.05. The summed E-state index contributed by atoms with van der Waals surface area (Å²) in [6.07, 6.45) is 4.68. The maximum absolute atomic E-state index is 6.46. The zero-order chi connectivity index (χ0) is 13.9. The van der Waals surface area contributed by atoms with Crippen LogP contribution in [0.3, 0.4) is 0 Å². The number of imidazole rings is 1. The highest BCUT2D eigenvalue weighted by molar-refractivity contribution is 5.01. The van der Waals surface area contributed by atoms with Gasteiger partial charge in [0.15, 0.2) is 0 Å². The summed E-state index contributed by atoms with van der Waals surface area (Å²) < 4.78 is 7.58. The highest BCUT2D eigenvalue weighted by Crippen LogP contribution is 2.21. The number of aryl methyl sites for hydroxylation is 1. The first-order valence-electron chi connectivity index (χ1n) is 7.14. The second-order valence-corrected chi connectivity index (χ2v) is 5.69. The Morgan fingerprint density at radius 3 is 2.74 bits per heavy atom. The summed E-state index contributed by atoms with van der Waals surface area (Å²) in [4.78, 5) is 6.86. The smallest absolute Gasteiger partial charge is 0.110 e. The Hall–Kier alpha value is -0.910. The SMILES string of the molecule is CCn1ccnc1CC(N)C(C)(C)N1CCOCC1. The molecule has 1 unspecified atom stereocenters. The molecule has 1 aromatic heterocycles. The maximum Gasteiger partial charge on any atom is 0.110 e. The second-order valence-electron chi connectivity index (χ2n) is 5.69. The van der Waals surface area contributed by atoms with E-state index in [0.29, 0.717) is 0 Å². The zero-order valence-corrected chi connectivity index (χ0v) is 12.3. The number of rotatable bonds is 5. The summed E-state index contributed by atoms with van der Waals surface area (Å²) >= 11 is 0. The van der Waals surface area contributed by atoms with Crippen molar-refractivity contribution in [2.24, 2.45) is 5.73 Å². The van der Waals surface area contributed by atoms with Crippen molar-refractivity contribution in [3.63, 3.8) is 0 Å². The fraction of sp³-hybridized carbons (Fsp3) is 0.786. The van der Waals surface area contributed by atoms with Gasteiger partial charge in [-0.1, -0.05) is 0 Å². The van der Waals surface area contributed by atoms with E-state index in [-0.39, 0.29) is 11.6 Å². The summed E-state index contributed by atoms with van der Waals surface area (Å²) in [6, 6.07) is 0.0679. The van der Waals surface area contributed by atoms with Gasteiger partial charge in [0.25, 0.3) is 0 Å². The van der Waals surface area contributed by atoms with E-state index in [4.69, 9.17) is 10.5 Å². The van der Waals surface area contributed by atoms with Gasteiger partial charge < -0.3 is 15.0 Å². The van der Waals surface area contributed by atoms with E-state index in [1.54, 1.807) is 0 Å². The van der Waals surface area contributed by atoms with Gasteiger partial charge in [-0.15, -0.1) is 0 Å². The molecule has 5 nitrogen and oxygen atoms in total. The van der Waals surface area contributed by atoms with E-state index < -0.39 is 0 Å². The molecule has 0 aromatic carbocycles. The fourth-order valence-electron chi connectivity index (χ4n) is 2.64. The fourth-order valence-corrected chi connectivity index (χ4v) is 2.64.